The summed E-state index contributed by atoms with van der Waals surface area (Å²) in [5.74, 6) is 0.139. The van der Waals surface area contributed by atoms with Crippen LogP contribution >= 0.6 is 0 Å². The number of hydrogen-bond acceptors (Lipinski definition) is 5. The van der Waals surface area contributed by atoms with Crippen LogP contribution in [0.15, 0.2) is 60.8 Å². The molecule has 25 heavy (non-hydrogen) atoms. The Labute approximate surface area is 145 Å². The predicted molar refractivity (Wildman–Crippen MR) is 97.8 cm³/mol. The monoisotopic (exact) mass is 337 g/mol. The van der Waals surface area contributed by atoms with Crippen molar-refractivity contribution in [3.63, 3.8) is 0 Å². The largest absolute Gasteiger partial charge is 0.396 e. The van der Waals surface area contributed by atoms with Gasteiger partial charge in [-0.25, -0.2) is 0 Å². The number of rotatable bonds is 7. The van der Waals surface area contributed by atoms with E-state index in [1.165, 1.54) is 6.07 Å². The third kappa shape index (κ3) is 3.75. The number of non-ortho nitro benzene ring substituents is 1. The van der Waals surface area contributed by atoms with Crippen molar-refractivity contribution in [1.29, 1.82) is 0 Å². The average Bonchev–Trinajstić information content (AvgIpc) is 2.65. The Morgan fingerprint density at radius 2 is 1.92 bits per heavy atom. The molecular weight excluding hydrogens is 318 g/mol. The highest BCUT2D eigenvalue weighted by molar-refractivity contribution is 5.96. The minimum absolute atomic E-state index is 0.0450. The molecule has 1 atom stereocenters. The zero-order chi connectivity index (χ0) is 17.6. The highest BCUT2D eigenvalue weighted by Crippen LogP contribution is 2.30. The van der Waals surface area contributed by atoms with Gasteiger partial charge in [0.15, 0.2) is 0 Å². The summed E-state index contributed by atoms with van der Waals surface area (Å²) in [5.41, 5.74) is 2.51. The van der Waals surface area contributed by atoms with Crippen LogP contribution in [0.2, 0.25) is 0 Å². The van der Waals surface area contributed by atoms with Crippen LogP contribution in [-0.2, 0) is 0 Å². The van der Waals surface area contributed by atoms with Gasteiger partial charge in [-0.2, -0.15) is 0 Å². The second-order valence-corrected chi connectivity index (χ2v) is 5.79. The Balaban J connectivity index is 1.87. The van der Waals surface area contributed by atoms with Gasteiger partial charge in [0.25, 0.3) is 5.69 Å². The van der Waals surface area contributed by atoms with Crippen molar-refractivity contribution in [2.45, 2.75) is 12.3 Å². The van der Waals surface area contributed by atoms with Gasteiger partial charge in [-0.1, -0.05) is 30.3 Å². The molecule has 3 rings (SSSR count). The van der Waals surface area contributed by atoms with Crippen molar-refractivity contribution in [2.24, 2.45) is 0 Å². The molecule has 2 N–H and O–H groups in total. The lowest BCUT2D eigenvalue weighted by Crippen LogP contribution is -2.14. The summed E-state index contributed by atoms with van der Waals surface area (Å²) < 4.78 is 0. The SMILES string of the molecule is O=[N+]([O-])c1ccc(NCC(CCO)c2ccccc2)c2ncccc12. The van der Waals surface area contributed by atoms with Crippen molar-refractivity contribution in [3.8, 4) is 0 Å². The molecule has 0 amide bonds. The summed E-state index contributed by atoms with van der Waals surface area (Å²) >= 11 is 0. The van der Waals surface area contributed by atoms with Gasteiger partial charge in [0.2, 0.25) is 0 Å². The van der Waals surface area contributed by atoms with E-state index in [0.29, 0.717) is 23.9 Å². The van der Waals surface area contributed by atoms with E-state index >= 15 is 0 Å². The third-order valence-electron chi connectivity index (χ3n) is 4.23. The van der Waals surface area contributed by atoms with Gasteiger partial charge in [-0.3, -0.25) is 15.1 Å². The predicted octanol–water partition coefficient (Wildman–Crippen LogP) is 3.72. The minimum atomic E-state index is -0.397. The van der Waals surface area contributed by atoms with Gasteiger partial charge < -0.3 is 10.4 Å². The van der Waals surface area contributed by atoms with Crippen molar-refractivity contribution >= 4 is 22.3 Å². The number of nitro benzene ring substituents is 1. The zero-order valence-corrected chi connectivity index (χ0v) is 13.6. The van der Waals surface area contributed by atoms with E-state index in [9.17, 15) is 15.2 Å². The third-order valence-corrected chi connectivity index (χ3v) is 4.23. The molecule has 1 unspecified atom stereocenters. The zero-order valence-electron chi connectivity index (χ0n) is 13.6. The number of nitrogens with one attached hydrogen (secondary N) is 1. The average molecular weight is 337 g/mol. The molecule has 0 spiro atoms. The van der Waals surface area contributed by atoms with E-state index in [4.69, 9.17) is 0 Å². The molecule has 0 aliphatic heterocycles. The quantitative estimate of drug-likeness (QED) is 0.507. The van der Waals surface area contributed by atoms with Crippen LogP contribution in [-0.4, -0.2) is 28.2 Å². The van der Waals surface area contributed by atoms with Gasteiger partial charge in [-0.15, -0.1) is 0 Å². The van der Waals surface area contributed by atoms with Crippen LogP contribution in [0, 0.1) is 10.1 Å². The summed E-state index contributed by atoms with van der Waals surface area (Å²) in [6.45, 7) is 0.703. The van der Waals surface area contributed by atoms with Crippen molar-refractivity contribution in [1.82, 2.24) is 4.98 Å². The molecule has 128 valence electrons. The number of nitrogens with zero attached hydrogens (tertiary/aromatic N) is 2. The van der Waals surface area contributed by atoms with Crippen LogP contribution in [0.5, 0.6) is 0 Å². The first-order valence-corrected chi connectivity index (χ1v) is 8.12. The molecule has 6 heteroatoms. The molecule has 1 aromatic heterocycles. The fourth-order valence-electron chi connectivity index (χ4n) is 2.96. The van der Waals surface area contributed by atoms with Crippen LogP contribution in [0.25, 0.3) is 10.9 Å². The van der Waals surface area contributed by atoms with Crippen LogP contribution in [0.1, 0.15) is 17.9 Å². The number of anilines is 1. The summed E-state index contributed by atoms with van der Waals surface area (Å²) in [7, 11) is 0. The Bertz CT molecular complexity index is 868. The highest BCUT2D eigenvalue weighted by Gasteiger charge is 2.16. The summed E-state index contributed by atoms with van der Waals surface area (Å²) in [6, 6.07) is 16.6. The molecular formula is C19H19N3O3. The second kappa shape index (κ2) is 7.72. The number of aliphatic hydroxyl groups excluding tert-OH is 1. The van der Waals surface area contributed by atoms with E-state index in [1.54, 1.807) is 24.4 Å². The Morgan fingerprint density at radius 1 is 1.12 bits per heavy atom. The maximum Gasteiger partial charge on any atom is 0.278 e. The van der Waals surface area contributed by atoms with E-state index in [-0.39, 0.29) is 18.2 Å². The Hall–Kier alpha value is -2.99. The molecule has 0 saturated carbocycles. The molecule has 1 heterocycles. The van der Waals surface area contributed by atoms with Crippen molar-refractivity contribution in [2.75, 3.05) is 18.5 Å². The second-order valence-electron chi connectivity index (χ2n) is 5.79. The maximum absolute atomic E-state index is 11.2. The molecule has 0 radical (unpaired) electrons. The number of benzene rings is 2. The van der Waals surface area contributed by atoms with Gasteiger partial charge in [0, 0.05) is 31.3 Å². The normalized spacial score (nSPS) is 12.0. The topological polar surface area (TPSA) is 88.3 Å². The molecule has 0 saturated heterocycles. The summed E-state index contributed by atoms with van der Waals surface area (Å²) in [6.07, 6.45) is 2.26. The van der Waals surface area contributed by atoms with Crippen LogP contribution in [0.4, 0.5) is 11.4 Å². The van der Waals surface area contributed by atoms with Crippen molar-refractivity contribution in [3.05, 3.63) is 76.5 Å². The summed E-state index contributed by atoms with van der Waals surface area (Å²) in [5, 5.41) is 24.4. The molecule has 0 aliphatic carbocycles. The number of hydrogen-bond donors (Lipinski definition) is 2. The first-order chi connectivity index (χ1) is 12.2. The number of aromatic nitrogens is 1. The number of nitro groups is 1. The molecule has 0 fully saturated rings. The molecule has 3 aromatic rings. The lowest BCUT2D eigenvalue weighted by Gasteiger charge is -2.18. The maximum atomic E-state index is 11.2. The van der Waals surface area contributed by atoms with Crippen LogP contribution in [0.3, 0.4) is 0 Å². The highest BCUT2D eigenvalue weighted by atomic mass is 16.6. The molecule has 2 aromatic carbocycles. The number of aliphatic hydroxyl groups is 1. The number of pyridine rings is 1. The summed E-state index contributed by atoms with van der Waals surface area (Å²) in [4.78, 5) is 15.1. The van der Waals surface area contributed by atoms with E-state index < -0.39 is 4.92 Å². The van der Waals surface area contributed by atoms with E-state index in [0.717, 1.165) is 11.3 Å². The fraction of sp³-hybridized carbons (Fsp3) is 0.211. The molecule has 0 aliphatic rings. The minimum Gasteiger partial charge on any atom is -0.396 e. The smallest absolute Gasteiger partial charge is 0.278 e. The van der Waals surface area contributed by atoms with E-state index in [1.807, 2.05) is 30.3 Å². The fourth-order valence-corrected chi connectivity index (χ4v) is 2.96. The van der Waals surface area contributed by atoms with Crippen molar-refractivity contribution < 1.29 is 10.0 Å². The van der Waals surface area contributed by atoms with Gasteiger partial charge >= 0.3 is 0 Å². The lowest BCUT2D eigenvalue weighted by atomic mass is 9.96. The van der Waals surface area contributed by atoms with Crippen LogP contribution < -0.4 is 5.32 Å². The first kappa shape index (κ1) is 16.9. The number of fused-ring (bicyclic) bond motifs is 1. The van der Waals surface area contributed by atoms with Gasteiger partial charge in [0.05, 0.1) is 16.0 Å². The van der Waals surface area contributed by atoms with E-state index in [2.05, 4.69) is 10.3 Å². The Kier molecular flexibility index (Phi) is 5.20. The lowest BCUT2D eigenvalue weighted by molar-refractivity contribution is -0.383. The van der Waals surface area contributed by atoms with Gasteiger partial charge in [0.1, 0.15) is 5.52 Å². The molecule has 0 bridgehead atoms. The Morgan fingerprint density at radius 3 is 2.64 bits per heavy atom. The van der Waals surface area contributed by atoms with Gasteiger partial charge in [-0.05, 0) is 30.2 Å². The first-order valence-electron chi connectivity index (χ1n) is 8.12. The standard InChI is InChI=1S/C19H19N3O3/c23-12-10-15(14-5-2-1-3-6-14)13-21-17-8-9-18(22(24)25)16-7-4-11-20-19(16)17/h1-9,11,15,21,23H,10,12-13H2. The molecule has 6 nitrogen and oxygen atoms in total.